The van der Waals surface area contributed by atoms with E-state index in [4.69, 9.17) is 4.74 Å². The Morgan fingerprint density at radius 3 is 1.83 bits per heavy atom. The lowest BCUT2D eigenvalue weighted by Crippen LogP contribution is -2.30. The third kappa shape index (κ3) is 16.4. The van der Waals surface area contributed by atoms with Crippen LogP contribution >= 0.6 is 0 Å². The van der Waals surface area contributed by atoms with E-state index in [1.807, 2.05) is 0 Å². The van der Waals surface area contributed by atoms with E-state index in [0.29, 0.717) is 6.61 Å². The van der Waals surface area contributed by atoms with Crippen LogP contribution in [0.15, 0.2) is 36.4 Å². The number of benzene rings is 1. The number of rotatable bonds is 20. The molecular weight excluding hydrogens is 354 g/mol. The van der Waals surface area contributed by atoms with Gasteiger partial charge < -0.3 is 9.64 Å². The van der Waals surface area contributed by atoms with Crippen molar-refractivity contribution in [3.8, 4) is 0 Å². The van der Waals surface area contributed by atoms with Gasteiger partial charge >= 0.3 is 0 Å². The zero-order chi connectivity index (χ0) is 20.8. The van der Waals surface area contributed by atoms with E-state index >= 15 is 0 Å². The van der Waals surface area contributed by atoms with Crippen molar-refractivity contribution in [3.05, 3.63) is 42.0 Å². The van der Waals surface area contributed by atoms with Gasteiger partial charge in [-0.15, -0.1) is 0 Å². The van der Waals surface area contributed by atoms with Crippen LogP contribution in [0.3, 0.4) is 0 Å². The number of hydrogen-bond acceptors (Lipinski definition) is 2. The topological polar surface area (TPSA) is 12.5 Å². The van der Waals surface area contributed by atoms with Gasteiger partial charge in [0, 0.05) is 6.54 Å². The van der Waals surface area contributed by atoms with Crippen LogP contribution in [0.4, 0.5) is 0 Å². The minimum atomic E-state index is 0.705. The molecule has 0 N–H and O–H groups in total. The monoisotopic (exact) mass is 401 g/mol. The average molecular weight is 402 g/mol. The van der Waals surface area contributed by atoms with E-state index in [-0.39, 0.29) is 0 Å². The molecule has 0 amide bonds. The standard InChI is InChI=1S/C27H47NO/c1-3-5-7-9-11-16-22-28(23-17-12-10-8-6-4-2)24-26-29-25-18-21-27-19-14-13-15-20-27/h13-15,18-21H,3-12,16-17,22-26H2,1-2H3. The van der Waals surface area contributed by atoms with E-state index in [1.165, 1.54) is 95.7 Å². The van der Waals surface area contributed by atoms with Gasteiger partial charge in [0.2, 0.25) is 0 Å². The lowest BCUT2D eigenvalue weighted by molar-refractivity contribution is 0.122. The number of hydrogen-bond donors (Lipinski definition) is 0. The molecular formula is C27H47NO. The molecule has 0 aliphatic heterocycles. The predicted molar refractivity (Wildman–Crippen MR) is 129 cm³/mol. The fourth-order valence-electron chi connectivity index (χ4n) is 3.66. The first-order valence-electron chi connectivity index (χ1n) is 12.4. The van der Waals surface area contributed by atoms with Gasteiger partial charge in [-0.25, -0.2) is 0 Å². The van der Waals surface area contributed by atoms with Crippen LogP contribution in [0.1, 0.15) is 96.5 Å². The molecule has 0 aromatic heterocycles. The highest BCUT2D eigenvalue weighted by Gasteiger charge is 2.05. The summed E-state index contributed by atoms with van der Waals surface area (Å²) in [5, 5.41) is 0. The second kappa shape index (κ2) is 20.2. The van der Waals surface area contributed by atoms with Crippen LogP contribution < -0.4 is 0 Å². The normalized spacial score (nSPS) is 11.7. The Bertz CT molecular complexity index is 455. The highest BCUT2D eigenvalue weighted by atomic mass is 16.5. The van der Waals surface area contributed by atoms with Crippen LogP contribution in [-0.4, -0.2) is 37.7 Å². The number of ether oxygens (including phenoxy) is 1. The van der Waals surface area contributed by atoms with Gasteiger partial charge in [0.15, 0.2) is 0 Å². The lowest BCUT2D eigenvalue weighted by Gasteiger charge is -2.22. The Kier molecular flexibility index (Phi) is 18.0. The highest BCUT2D eigenvalue weighted by molar-refractivity contribution is 5.48. The molecule has 0 unspecified atom stereocenters. The molecule has 2 heteroatoms. The van der Waals surface area contributed by atoms with Crippen molar-refractivity contribution < 1.29 is 4.74 Å². The minimum Gasteiger partial charge on any atom is -0.376 e. The largest absolute Gasteiger partial charge is 0.376 e. The molecule has 0 bridgehead atoms. The molecule has 0 fully saturated rings. The molecule has 166 valence electrons. The van der Waals surface area contributed by atoms with Gasteiger partial charge in [0.05, 0.1) is 13.2 Å². The fraction of sp³-hybridized carbons (Fsp3) is 0.704. The summed E-state index contributed by atoms with van der Waals surface area (Å²) in [7, 11) is 0. The predicted octanol–water partition coefficient (Wildman–Crippen LogP) is 7.74. The molecule has 0 heterocycles. The first-order chi connectivity index (χ1) is 14.4. The lowest BCUT2D eigenvalue weighted by atomic mass is 10.1. The minimum absolute atomic E-state index is 0.705. The Labute approximate surface area is 181 Å². The molecule has 0 atom stereocenters. The van der Waals surface area contributed by atoms with Crippen LogP contribution in [0.2, 0.25) is 0 Å². The summed E-state index contributed by atoms with van der Waals surface area (Å²) >= 11 is 0. The summed E-state index contributed by atoms with van der Waals surface area (Å²) in [5.74, 6) is 0. The molecule has 1 aromatic rings. The van der Waals surface area contributed by atoms with E-state index in [9.17, 15) is 0 Å². The Morgan fingerprint density at radius 1 is 0.690 bits per heavy atom. The Morgan fingerprint density at radius 2 is 1.24 bits per heavy atom. The smallest absolute Gasteiger partial charge is 0.0651 e. The maximum Gasteiger partial charge on any atom is 0.0651 e. The van der Waals surface area contributed by atoms with Crippen molar-refractivity contribution in [2.75, 3.05) is 32.8 Å². The Balaban J connectivity index is 2.18. The summed E-state index contributed by atoms with van der Waals surface area (Å²) in [6.45, 7) is 9.67. The van der Waals surface area contributed by atoms with Crippen molar-refractivity contribution in [2.45, 2.75) is 90.9 Å². The summed E-state index contributed by atoms with van der Waals surface area (Å²) in [6, 6.07) is 10.4. The summed E-state index contributed by atoms with van der Waals surface area (Å²) in [4.78, 5) is 2.64. The molecule has 1 aromatic carbocycles. The molecule has 29 heavy (non-hydrogen) atoms. The van der Waals surface area contributed by atoms with Crippen LogP contribution in [0.25, 0.3) is 6.08 Å². The van der Waals surface area contributed by atoms with E-state index in [0.717, 1.165) is 13.2 Å². The van der Waals surface area contributed by atoms with Crippen LogP contribution in [0.5, 0.6) is 0 Å². The molecule has 0 saturated carbocycles. The number of unbranched alkanes of at least 4 members (excludes halogenated alkanes) is 10. The number of nitrogens with zero attached hydrogens (tertiary/aromatic N) is 1. The van der Waals surface area contributed by atoms with Crippen molar-refractivity contribution in [1.82, 2.24) is 4.90 Å². The highest BCUT2D eigenvalue weighted by Crippen LogP contribution is 2.09. The van der Waals surface area contributed by atoms with Crippen LogP contribution in [0, 0.1) is 0 Å². The third-order valence-corrected chi connectivity index (χ3v) is 5.53. The summed E-state index contributed by atoms with van der Waals surface area (Å²) in [5.41, 5.74) is 1.24. The molecule has 0 saturated heterocycles. The first kappa shape index (κ1) is 25.9. The molecule has 1 rings (SSSR count). The van der Waals surface area contributed by atoms with Gasteiger partial charge in [-0.2, -0.15) is 0 Å². The van der Waals surface area contributed by atoms with E-state index in [1.54, 1.807) is 0 Å². The van der Waals surface area contributed by atoms with Gasteiger partial charge in [0.1, 0.15) is 0 Å². The van der Waals surface area contributed by atoms with Gasteiger partial charge in [-0.3, -0.25) is 0 Å². The summed E-state index contributed by atoms with van der Waals surface area (Å²) in [6.07, 6.45) is 20.8. The van der Waals surface area contributed by atoms with Crippen LogP contribution in [-0.2, 0) is 4.74 Å². The second-order valence-corrected chi connectivity index (χ2v) is 8.27. The van der Waals surface area contributed by atoms with Crippen molar-refractivity contribution in [3.63, 3.8) is 0 Å². The molecule has 0 spiro atoms. The first-order valence-corrected chi connectivity index (χ1v) is 12.4. The molecule has 0 radical (unpaired) electrons. The van der Waals surface area contributed by atoms with E-state index < -0.39 is 0 Å². The maximum atomic E-state index is 5.88. The van der Waals surface area contributed by atoms with E-state index in [2.05, 4.69) is 61.2 Å². The quantitative estimate of drug-likeness (QED) is 0.207. The van der Waals surface area contributed by atoms with Gasteiger partial charge in [-0.05, 0) is 31.5 Å². The zero-order valence-corrected chi connectivity index (χ0v) is 19.4. The van der Waals surface area contributed by atoms with Gasteiger partial charge in [0.25, 0.3) is 0 Å². The molecule has 0 aliphatic rings. The zero-order valence-electron chi connectivity index (χ0n) is 19.4. The van der Waals surface area contributed by atoms with Crippen molar-refractivity contribution in [2.24, 2.45) is 0 Å². The average Bonchev–Trinajstić information content (AvgIpc) is 2.75. The molecule has 0 aliphatic carbocycles. The summed E-state index contributed by atoms with van der Waals surface area (Å²) < 4.78 is 5.88. The molecule has 2 nitrogen and oxygen atoms in total. The second-order valence-electron chi connectivity index (χ2n) is 8.27. The Hall–Kier alpha value is -1.12. The SMILES string of the molecule is CCCCCCCCN(CCCCCCCC)CCOCC=Cc1ccccc1. The maximum absolute atomic E-state index is 5.88. The fourth-order valence-corrected chi connectivity index (χ4v) is 3.66. The van der Waals surface area contributed by atoms with Crippen molar-refractivity contribution >= 4 is 6.08 Å². The third-order valence-electron chi connectivity index (χ3n) is 5.53. The van der Waals surface area contributed by atoms with Crippen molar-refractivity contribution in [1.29, 1.82) is 0 Å². The van der Waals surface area contributed by atoms with Gasteiger partial charge in [-0.1, -0.05) is 121 Å².